The smallest absolute Gasteiger partial charge is 0.347 e. The highest BCUT2D eigenvalue weighted by molar-refractivity contribution is 7.90. The molecule has 2 aromatic carbocycles. The third-order valence-corrected chi connectivity index (χ3v) is 7.63. The quantitative estimate of drug-likeness (QED) is 0.344. The van der Waals surface area contributed by atoms with Gasteiger partial charge in [0, 0.05) is 29.2 Å². The van der Waals surface area contributed by atoms with Crippen LogP contribution in [0.15, 0.2) is 48.7 Å². The lowest BCUT2D eigenvalue weighted by Gasteiger charge is -2.22. The fraction of sp³-hybridized carbons (Fsp3) is 0.440. The molecule has 0 amide bonds. The topological polar surface area (TPSA) is 51.1 Å². The summed E-state index contributed by atoms with van der Waals surface area (Å²) in [7, 11) is -4.31. The Balaban J connectivity index is 2.00. The number of hydrogen-bond donors (Lipinski definition) is 1. The van der Waals surface area contributed by atoms with E-state index >= 15 is 0 Å². The van der Waals surface area contributed by atoms with E-state index in [0.29, 0.717) is 0 Å². The van der Waals surface area contributed by atoms with Gasteiger partial charge in [0.1, 0.15) is 6.04 Å². The summed E-state index contributed by atoms with van der Waals surface area (Å²) < 4.78 is 129. The van der Waals surface area contributed by atoms with Crippen LogP contribution in [-0.2, 0) is 22.7 Å². The van der Waals surface area contributed by atoms with Gasteiger partial charge in [0.2, 0.25) is 10.0 Å². The number of benzene rings is 2. The Kier molecular flexibility index (Phi) is 5.82. The van der Waals surface area contributed by atoms with Crippen LogP contribution in [-0.4, -0.2) is 24.4 Å². The number of hydrogen-bond acceptors (Lipinski definition) is 2. The minimum atomic E-state index is -5.07. The SMILES string of the molecule is [2H]C([2H])(n1cc([C@H](NS(=O)(=O)C2CC2)C(F)(F)F)c2ccc(-c3ccccc3C(F)(F)F)cc21)C(C)(C)C. The van der Waals surface area contributed by atoms with E-state index in [9.17, 15) is 34.8 Å². The molecule has 0 aliphatic heterocycles. The molecule has 1 heterocycles. The van der Waals surface area contributed by atoms with Crippen LogP contribution in [0.5, 0.6) is 0 Å². The molecular formula is C25H26F6N2O2S. The van der Waals surface area contributed by atoms with Crippen molar-refractivity contribution in [1.29, 1.82) is 0 Å². The molecule has 0 bridgehead atoms. The van der Waals surface area contributed by atoms with Crippen LogP contribution < -0.4 is 4.72 Å². The summed E-state index contributed by atoms with van der Waals surface area (Å²) in [6.45, 7) is 2.27. The predicted octanol–water partition coefficient (Wildman–Crippen LogP) is 7.06. The molecule has 0 radical (unpaired) electrons. The van der Waals surface area contributed by atoms with Gasteiger partial charge in [0.05, 0.1) is 13.6 Å². The molecular weight excluding hydrogens is 506 g/mol. The Morgan fingerprint density at radius 3 is 2.25 bits per heavy atom. The second-order valence-electron chi connectivity index (χ2n) is 9.93. The van der Waals surface area contributed by atoms with E-state index in [-0.39, 0.29) is 34.9 Å². The van der Waals surface area contributed by atoms with Crippen LogP contribution in [0.3, 0.4) is 0 Å². The van der Waals surface area contributed by atoms with Crippen molar-refractivity contribution in [3.05, 3.63) is 59.8 Å². The van der Waals surface area contributed by atoms with Crippen LogP contribution >= 0.6 is 0 Å². The van der Waals surface area contributed by atoms with Gasteiger partial charge >= 0.3 is 12.4 Å². The van der Waals surface area contributed by atoms with E-state index in [1.165, 1.54) is 57.2 Å². The van der Waals surface area contributed by atoms with Crippen molar-refractivity contribution in [2.75, 3.05) is 0 Å². The van der Waals surface area contributed by atoms with E-state index in [0.717, 1.165) is 16.8 Å². The normalized spacial score (nSPS) is 17.7. The van der Waals surface area contributed by atoms with Crippen LogP contribution in [0.25, 0.3) is 22.0 Å². The Morgan fingerprint density at radius 1 is 1.06 bits per heavy atom. The van der Waals surface area contributed by atoms with Crippen molar-refractivity contribution in [1.82, 2.24) is 9.29 Å². The molecule has 3 aromatic rings. The van der Waals surface area contributed by atoms with E-state index in [4.69, 9.17) is 2.74 Å². The Morgan fingerprint density at radius 2 is 1.69 bits per heavy atom. The predicted molar refractivity (Wildman–Crippen MR) is 126 cm³/mol. The zero-order valence-electron chi connectivity index (χ0n) is 21.6. The number of sulfonamides is 1. The van der Waals surface area contributed by atoms with Crippen molar-refractivity contribution in [2.24, 2.45) is 5.41 Å². The molecule has 0 spiro atoms. The lowest BCUT2D eigenvalue weighted by atomic mass is 9.96. The lowest BCUT2D eigenvalue weighted by Crippen LogP contribution is -2.39. The summed E-state index contributed by atoms with van der Waals surface area (Å²) in [6, 6.07) is 5.62. The van der Waals surface area contributed by atoms with Gasteiger partial charge in [-0.15, -0.1) is 0 Å². The highest BCUT2D eigenvalue weighted by Gasteiger charge is 2.47. The van der Waals surface area contributed by atoms with Crippen molar-refractivity contribution in [3.63, 3.8) is 0 Å². The second-order valence-corrected chi connectivity index (χ2v) is 11.9. The largest absolute Gasteiger partial charge is 0.417 e. The van der Waals surface area contributed by atoms with Crippen LogP contribution in [0.4, 0.5) is 26.3 Å². The molecule has 4 rings (SSSR count). The highest BCUT2D eigenvalue weighted by Crippen LogP contribution is 2.42. The minimum absolute atomic E-state index is 0.0168. The van der Waals surface area contributed by atoms with Gasteiger partial charge in [-0.25, -0.2) is 8.42 Å². The fourth-order valence-corrected chi connectivity index (χ4v) is 5.57. The average molecular weight is 535 g/mol. The Bertz CT molecular complexity index is 1470. The third kappa shape index (κ3) is 5.56. The summed E-state index contributed by atoms with van der Waals surface area (Å²) in [5, 5.41) is -1.07. The van der Waals surface area contributed by atoms with Crippen molar-refractivity contribution >= 4 is 20.9 Å². The lowest BCUT2D eigenvalue weighted by molar-refractivity contribution is -0.152. The number of fused-ring (bicyclic) bond motifs is 1. The number of nitrogens with zero attached hydrogens (tertiary/aromatic N) is 1. The summed E-state index contributed by atoms with van der Waals surface area (Å²) in [4.78, 5) is 0. The van der Waals surface area contributed by atoms with Crippen molar-refractivity contribution in [3.8, 4) is 11.1 Å². The van der Waals surface area contributed by atoms with Gasteiger partial charge in [0.15, 0.2) is 0 Å². The maximum Gasteiger partial charge on any atom is 0.417 e. The Hall–Kier alpha value is -2.53. The maximum atomic E-state index is 14.3. The molecule has 0 unspecified atom stereocenters. The van der Waals surface area contributed by atoms with E-state index in [2.05, 4.69) is 0 Å². The van der Waals surface area contributed by atoms with Gasteiger partial charge < -0.3 is 4.57 Å². The summed E-state index contributed by atoms with van der Waals surface area (Å²) >= 11 is 0. The summed E-state index contributed by atoms with van der Waals surface area (Å²) in [6.07, 6.45) is -8.41. The summed E-state index contributed by atoms with van der Waals surface area (Å²) in [5.41, 5.74) is -2.97. The van der Waals surface area contributed by atoms with Crippen LogP contribution in [0.1, 0.15) is 53.5 Å². The molecule has 0 saturated heterocycles. The van der Waals surface area contributed by atoms with Gasteiger partial charge in [-0.3, -0.25) is 0 Å². The van der Waals surface area contributed by atoms with Gasteiger partial charge in [-0.1, -0.05) is 51.1 Å². The van der Waals surface area contributed by atoms with Crippen molar-refractivity contribution < 1.29 is 37.5 Å². The highest BCUT2D eigenvalue weighted by atomic mass is 32.2. The first kappa shape index (κ1) is 23.8. The minimum Gasteiger partial charge on any atom is -0.347 e. The second kappa shape index (κ2) is 8.79. The fourth-order valence-electron chi connectivity index (χ4n) is 4.03. The van der Waals surface area contributed by atoms with Crippen LogP contribution in [0.2, 0.25) is 0 Å². The number of alkyl halides is 6. The monoisotopic (exact) mass is 534 g/mol. The molecule has 1 fully saturated rings. The molecule has 1 aromatic heterocycles. The molecule has 1 atom stereocenters. The number of aromatic nitrogens is 1. The first-order valence-electron chi connectivity index (χ1n) is 12.1. The average Bonchev–Trinajstić information content (AvgIpc) is 3.57. The van der Waals surface area contributed by atoms with Gasteiger partial charge in [0.25, 0.3) is 0 Å². The maximum absolute atomic E-state index is 14.3. The zero-order chi connectivity index (χ0) is 28.5. The van der Waals surface area contributed by atoms with Crippen molar-refractivity contribution in [2.45, 2.75) is 63.8 Å². The van der Waals surface area contributed by atoms with E-state index in [1.807, 2.05) is 0 Å². The van der Waals surface area contributed by atoms with Crippen LogP contribution in [0, 0.1) is 5.41 Å². The first-order valence-corrected chi connectivity index (χ1v) is 12.7. The molecule has 196 valence electrons. The molecule has 1 aliphatic rings. The molecule has 1 aliphatic carbocycles. The van der Waals surface area contributed by atoms with Gasteiger partial charge in [-0.2, -0.15) is 31.1 Å². The standard InChI is InChI=1S/C25H26F6N2O2S/c1-23(2,3)14-33-13-19(22(25(29,30)31)32-36(34,35)16-9-10-16)18-11-8-15(12-21(18)33)17-6-4-5-7-20(17)24(26,27)28/h4-8,11-13,16,22,32H,9-10,14H2,1-3H3/t22-/m0/s1/i14D2. The molecule has 11 heteroatoms. The molecule has 36 heavy (non-hydrogen) atoms. The number of halogens is 6. The molecule has 1 saturated carbocycles. The first-order chi connectivity index (χ1) is 17.2. The van der Waals surface area contributed by atoms with E-state index in [1.54, 1.807) is 4.72 Å². The third-order valence-electron chi connectivity index (χ3n) is 5.72. The van der Waals surface area contributed by atoms with E-state index < -0.39 is 56.7 Å². The number of rotatable bonds is 6. The number of nitrogens with one attached hydrogen (secondary N) is 1. The zero-order valence-corrected chi connectivity index (χ0v) is 20.4. The molecule has 4 nitrogen and oxygen atoms in total. The van der Waals surface area contributed by atoms with Gasteiger partial charge in [-0.05, 0) is 41.5 Å². The Labute approximate surface area is 208 Å². The summed E-state index contributed by atoms with van der Waals surface area (Å²) in [5.74, 6) is 0. The molecule has 1 N–H and O–H groups in total.